The van der Waals surface area contributed by atoms with Gasteiger partial charge in [-0.05, 0) is 47.1 Å². The highest BCUT2D eigenvalue weighted by molar-refractivity contribution is 9.10. The fourth-order valence-corrected chi connectivity index (χ4v) is 3.59. The summed E-state index contributed by atoms with van der Waals surface area (Å²) >= 11 is 3.45. The van der Waals surface area contributed by atoms with Crippen LogP contribution in [0.15, 0.2) is 53.0 Å². The highest BCUT2D eigenvalue weighted by Crippen LogP contribution is 2.31. The number of nitrogens with one attached hydrogen (secondary N) is 2. The zero-order chi connectivity index (χ0) is 20.8. The normalized spacial score (nSPS) is 15.9. The summed E-state index contributed by atoms with van der Waals surface area (Å²) in [6, 6.07) is 14.3. The molecule has 0 radical (unpaired) electrons. The number of ether oxygens (including phenoxy) is 1. The lowest BCUT2D eigenvalue weighted by molar-refractivity contribution is -0.123. The number of nitrogens with zero attached hydrogens (tertiary/aromatic N) is 1. The molecule has 152 valence electrons. The third-order valence-corrected chi connectivity index (χ3v) is 5.16. The van der Waals surface area contributed by atoms with Crippen LogP contribution in [0.3, 0.4) is 0 Å². The number of para-hydroxylation sites is 1. The molecule has 2 N–H and O–H groups in total. The average molecular weight is 460 g/mol. The number of likely N-dealkylation sites (N-methyl/N-ethyl adjacent to an activating group) is 1. The maximum atomic E-state index is 12.7. The van der Waals surface area contributed by atoms with E-state index >= 15 is 0 Å². The molecule has 1 unspecified atom stereocenters. The topological polar surface area (TPSA) is 87.7 Å². The molecule has 2 aromatic carbocycles. The van der Waals surface area contributed by atoms with Crippen LogP contribution in [0.25, 0.3) is 0 Å². The molecule has 1 heterocycles. The quantitative estimate of drug-likeness (QED) is 0.665. The van der Waals surface area contributed by atoms with Crippen LogP contribution in [0.2, 0.25) is 0 Å². The Kier molecular flexibility index (Phi) is 6.87. The zero-order valence-corrected chi connectivity index (χ0v) is 17.6. The van der Waals surface area contributed by atoms with E-state index in [1.165, 1.54) is 0 Å². The van der Waals surface area contributed by atoms with Crippen LogP contribution < -0.4 is 20.3 Å². The Morgan fingerprint density at radius 2 is 2.00 bits per heavy atom. The molecule has 8 heteroatoms. The van der Waals surface area contributed by atoms with Gasteiger partial charge in [0.1, 0.15) is 5.75 Å². The van der Waals surface area contributed by atoms with Gasteiger partial charge in [-0.1, -0.05) is 18.2 Å². The van der Waals surface area contributed by atoms with Crippen molar-refractivity contribution >= 4 is 45.0 Å². The maximum absolute atomic E-state index is 12.7. The van der Waals surface area contributed by atoms with Gasteiger partial charge in [0.25, 0.3) is 5.91 Å². The lowest BCUT2D eigenvalue weighted by atomic mass is 10.1. The standard InChI is InChI=1S/C21H22BrN3O4/c1-2-23-19(26)13-29-16-7-5-6-15(11-16)24-21(28)14-10-20(27)25(12-14)18-9-4-3-8-17(18)22/h3-9,11,14H,2,10,12-13H2,1H3,(H,23,26)(H,24,28). The molecule has 0 spiro atoms. The van der Waals surface area contributed by atoms with Crippen molar-refractivity contribution in [2.24, 2.45) is 5.92 Å². The van der Waals surface area contributed by atoms with E-state index in [1.807, 2.05) is 31.2 Å². The van der Waals surface area contributed by atoms with E-state index in [0.717, 1.165) is 10.2 Å². The predicted octanol–water partition coefficient (Wildman–Crippen LogP) is 2.96. The first-order valence-electron chi connectivity index (χ1n) is 9.33. The van der Waals surface area contributed by atoms with Gasteiger partial charge in [-0.15, -0.1) is 0 Å². The minimum Gasteiger partial charge on any atom is -0.484 e. The molecule has 1 fully saturated rings. The minimum absolute atomic E-state index is 0.0870. The predicted molar refractivity (Wildman–Crippen MR) is 114 cm³/mol. The summed E-state index contributed by atoms with van der Waals surface area (Å²) < 4.78 is 6.25. The van der Waals surface area contributed by atoms with E-state index in [0.29, 0.717) is 24.5 Å². The first kappa shape index (κ1) is 20.9. The highest BCUT2D eigenvalue weighted by atomic mass is 79.9. The summed E-state index contributed by atoms with van der Waals surface area (Å²) in [6.07, 6.45) is 0.153. The minimum atomic E-state index is -0.450. The van der Waals surface area contributed by atoms with Crippen LogP contribution >= 0.6 is 15.9 Å². The van der Waals surface area contributed by atoms with E-state index in [1.54, 1.807) is 29.2 Å². The SMILES string of the molecule is CCNC(=O)COc1cccc(NC(=O)C2CC(=O)N(c3ccccc3Br)C2)c1. The first-order valence-corrected chi connectivity index (χ1v) is 10.1. The molecule has 29 heavy (non-hydrogen) atoms. The van der Waals surface area contributed by atoms with E-state index in [4.69, 9.17) is 4.74 Å². The fourth-order valence-electron chi connectivity index (χ4n) is 3.09. The molecule has 3 rings (SSSR count). The van der Waals surface area contributed by atoms with Gasteiger partial charge in [0, 0.05) is 35.7 Å². The van der Waals surface area contributed by atoms with E-state index in [9.17, 15) is 14.4 Å². The molecular formula is C21H22BrN3O4. The summed E-state index contributed by atoms with van der Waals surface area (Å²) in [5.74, 6) is -0.496. The van der Waals surface area contributed by atoms with E-state index in [-0.39, 0.29) is 30.7 Å². The molecule has 1 aliphatic rings. The van der Waals surface area contributed by atoms with Crippen molar-refractivity contribution in [1.82, 2.24) is 5.32 Å². The van der Waals surface area contributed by atoms with Gasteiger partial charge in [0.15, 0.2) is 6.61 Å². The first-order chi connectivity index (χ1) is 14.0. The van der Waals surface area contributed by atoms with Crippen molar-refractivity contribution in [3.05, 3.63) is 53.0 Å². The van der Waals surface area contributed by atoms with Gasteiger partial charge in [0.2, 0.25) is 11.8 Å². The Hall–Kier alpha value is -2.87. The Labute approximate surface area is 177 Å². The summed E-state index contributed by atoms with van der Waals surface area (Å²) in [5.41, 5.74) is 1.31. The van der Waals surface area contributed by atoms with Crippen molar-refractivity contribution in [2.45, 2.75) is 13.3 Å². The summed E-state index contributed by atoms with van der Waals surface area (Å²) in [5, 5.41) is 5.49. The number of amides is 3. The Balaban J connectivity index is 1.61. The summed E-state index contributed by atoms with van der Waals surface area (Å²) in [4.78, 5) is 38.2. The van der Waals surface area contributed by atoms with Crippen molar-refractivity contribution in [3.63, 3.8) is 0 Å². The van der Waals surface area contributed by atoms with Gasteiger partial charge < -0.3 is 20.3 Å². The van der Waals surface area contributed by atoms with Crippen molar-refractivity contribution < 1.29 is 19.1 Å². The number of carbonyl (C=O) groups excluding carboxylic acids is 3. The van der Waals surface area contributed by atoms with Crippen LogP contribution in [0.4, 0.5) is 11.4 Å². The Morgan fingerprint density at radius 3 is 2.76 bits per heavy atom. The van der Waals surface area contributed by atoms with Crippen LogP contribution in [0.5, 0.6) is 5.75 Å². The van der Waals surface area contributed by atoms with Gasteiger partial charge >= 0.3 is 0 Å². The van der Waals surface area contributed by atoms with E-state index < -0.39 is 5.92 Å². The number of rotatable bonds is 7. The van der Waals surface area contributed by atoms with E-state index in [2.05, 4.69) is 26.6 Å². The van der Waals surface area contributed by atoms with Gasteiger partial charge in [-0.2, -0.15) is 0 Å². The number of hydrogen-bond donors (Lipinski definition) is 2. The maximum Gasteiger partial charge on any atom is 0.257 e. The second-order valence-corrected chi connectivity index (χ2v) is 7.47. The lowest BCUT2D eigenvalue weighted by Crippen LogP contribution is -2.28. The van der Waals surface area contributed by atoms with Crippen LogP contribution in [0.1, 0.15) is 13.3 Å². The number of carbonyl (C=O) groups is 3. The monoisotopic (exact) mass is 459 g/mol. The molecule has 0 bridgehead atoms. The Bertz CT molecular complexity index is 918. The molecule has 2 aromatic rings. The van der Waals surface area contributed by atoms with Crippen LogP contribution in [-0.4, -0.2) is 37.4 Å². The molecule has 7 nitrogen and oxygen atoms in total. The molecular weight excluding hydrogens is 438 g/mol. The van der Waals surface area contributed by atoms with Gasteiger partial charge in [-0.3, -0.25) is 14.4 Å². The summed E-state index contributed by atoms with van der Waals surface area (Å²) in [6.45, 7) is 2.60. The largest absolute Gasteiger partial charge is 0.484 e. The van der Waals surface area contributed by atoms with Crippen molar-refractivity contribution in [1.29, 1.82) is 0 Å². The van der Waals surface area contributed by atoms with Gasteiger partial charge in [-0.25, -0.2) is 0 Å². The number of benzene rings is 2. The number of anilines is 2. The second kappa shape index (κ2) is 9.56. The number of hydrogen-bond acceptors (Lipinski definition) is 4. The van der Waals surface area contributed by atoms with Crippen molar-refractivity contribution in [2.75, 3.05) is 29.9 Å². The lowest BCUT2D eigenvalue weighted by Gasteiger charge is -2.18. The second-order valence-electron chi connectivity index (χ2n) is 6.62. The van der Waals surface area contributed by atoms with Crippen LogP contribution in [-0.2, 0) is 14.4 Å². The third-order valence-electron chi connectivity index (χ3n) is 4.48. The fraction of sp³-hybridized carbons (Fsp3) is 0.286. The number of halogens is 1. The molecule has 1 aliphatic heterocycles. The molecule has 0 saturated carbocycles. The van der Waals surface area contributed by atoms with Gasteiger partial charge in [0.05, 0.1) is 11.6 Å². The highest BCUT2D eigenvalue weighted by Gasteiger charge is 2.35. The molecule has 0 aromatic heterocycles. The molecule has 0 aliphatic carbocycles. The zero-order valence-electron chi connectivity index (χ0n) is 16.0. The smallest absolute Gasteiger partial charge is 0.257 e. The van der Waals surface area contributed by atoms with Crippen molar-refractivity contribution in [3.8, 4) is 5.75 Å². The van der Waals surface area contributed by atoms with Crippen LogP contribution in [0, 0.1) is 5.92 Å². The third kappa shape index (κ3) is 5.35. The molecule has 3 amide bonds. The summed E-state index contributed by atoms with van der Waals surface area (Å²) in [7, 11) is 0. The molecule has 1 atom stereocenters. The average Bonchev–Trinajstić information content (AvgIpc) is 3.09. The molecule has 1 saturated heterocycles. The Morgan fingerprint density at radius 1 is 1.21 bits per heavy atom.